The molecule has 0 saturated carbocycles. The molecule has 8 heteroatoms. The minimum Gasteiger partial charge on any atom is -0.455 e. The van der Waals surface area contributed by atoms with Gasteiger partial charge in [-0.2, -0.15) is 0 Å². The summed E-state index contributed by atoms with van der Waals surface area (Å²) in [6, 6.07) is 12.6. The van der Waals surface area contributed by atoms with Gasteiger partial charge in [-0.05, 0) is 29.7 Å². The molecule has 7 nitrogen and oxygen atoms in total. The van der Waals surface area contributed by atoms with Crippen LogP contribution in [0.4, 0.5) is 11.4 Å². The van der Waals surface area contributed by atoms with E-state index in [0.29, 0.717) is 5.02 Å². The van der Waals surface area contributed by atoms with E-state index in [1.54, 1.807) is 30.3 Å². The Hall–Kier alpha value is -2.93. The molecule has 1 unspecified atom stereocenters. The molecule has 142 valence electrons. The van der Waals surface area contributed by atoms with Crippen molar-refractivity contribution in [3.8, 4) is 0 Å². The van der Waals surface area contributed by atoms with Crippen LogP contribution in [0.5, 0.6) is 0 Å². The van der Waals surface area contributed by atoms with Crippen molar-refractivity contribution in [3.05, 3.63) is 69.2 Å². The number of nitro benzene ring substituents is 1. The lowest BCUT2D eigenvalue weighted by Crippen LogP contribution is -2.26. The van der Waals surface area contributed by atoms with Crippen molar-refractivity contribution in [2.45, 2.75) is 19.8 Å². The van der Waals surface area contributed by atoms with Crippen LogP contribution in [0.3, 0.4) is 0 Å². The maximum atomic E-state index is 12.5. The number of amides is 1. The second-order valence-corrected chi connectivity index (χ2v) is 6.64. The van der Waals surface area contributed by atoms with Crippen LogP contribution in [-0.4, -0.2) is 23.4 Å². The van der Waals surface area contributed by atoms with Crippen molar-refractivity contribution < 1.29 is 19.2 Å². The molecule has 0 bridgehead atoms. The normalized spacial score (nSPS) is 11.7. The van der Waals surface area contributed by atoms with E-state index in [4.69, 9.17) is 16.3 Å². The Balaban J connectivity index is 2.02. The van der Waals surface area contributed by atoms with Gasteiger partial charge in [0.05, 0.1) is 10.8 Å². The molecule has 0 saturated heterocycles. The summed E-state index contributed by atoms with van der Waals surface area (Å²) in [5.41, 5.74) is 0.540. The third kappa shape index (κ3) is 5.52. The van der Waals surface area contributed by atoms with Crippen LogP contribution >= 0.6 is 11.6 Å². The zero-order valence-electron chi connectivity index (χ0n) is 14.8. The number of nitro groups is 1. The van der Waals surface area contributed by atoms with Crippen LogP contribution in [-0.2, 0) is 14.3 Å². The van der Waals surface area contributed by atoms with Gasteiger partial charge >= 0.3 is 5.97 Å². The number of halogens is 1. The van der Waals surface area contributed by atoms with Crippen LogP contribution in [0.15, 0.2) is 48.5 Å². The molecule has 0 aliphatic heterocycles. The Morgan fingerprint density at radius 3 is 2.37 bits per heavy atom. The monoisotopic (exact) mass is 390 g/mol. The molecule has 0 spiro atoms. The van der Waals surface area contributed by atoms with E-state index in [0.717, 1.165) is 5.56 Å². The van der Waals surface area contributed by atoms with Crippen LogP contribution in [0.1, 0.15) is 25.3 Å². The molecular weight excluding hydrogens is 372 g/mol. The van der Waals surface area contributed by atoms with Gasteiger partial charge in [-0.25, -0.2) is 0 Å². The molecule has 2 aromatic rings. The van der Waals surface area contributed by atoms with E-state index < -0.39 is 29.3 Å². The second kappa shape index (κ2) is 9.14. The number of hydrogen-bond acceptors (Lipinski definition) is 5. The van der Waals surface area contributed by atoms with Gasteiger partial charge in [-0.1, -0.05) is 49.7 Å². The Labute approximate surface area is 161 Å². The van der Waals surface area contributed by atoms with Gasteiger partial charge in [0.2, 0.25) is 0 Å². The highest BCUT2D eigenvalue weighted by Gasteiger charge is 2.26. The van der Waals surface area contributed by atoms with Crippen LogP contribution in [0.2, 0.25) is 5.02 Å². The molecule has 1 N–H and O–H groups in total. The molecule has 0 aliphatic carbocycles. The number of ether oxygens (including phenoxy) is 1. The summed E-state index contributed by atoms with van der Waals surface area (Å²) in [6.45, 7) is 3.20. The van der Waals surface area contributed by atoms with E-state index in [2.05, 4.69) is 5.32 Å². The SMILES string of the molecule is CC(C)C(C(=O)OCC(=O)Nc1ccccc1[N+](=O)[O-])c1ccc(Cl)cc1. The number of rotatable bonds is 7. The Morgan fingerprint density at radius 1 is 1.15 bits per heavy atom. The smallest absolute Gasteiger partial charge is 0.314 e. The maximum absolute atomic E-state index is 12.5. The van der Waals surface area contributed by atoms with Crippen molar-refractivity contribution in [2.75, 3.05) is 11.9 Å². The summed E-state index contributed by atoms with van der Waals surface area (Å²) in [5.74, 6) is -1.82. The summed E-state index contributed by atoms with van der Waals surface area (Å²) in [5, 5.41) is 13.9. The van der Waals surface area contributed by atoms with Gasteiger partial charge in [0.25, 0.3) is 11.6 Å². The summed E-state index contributed by atoms with van der Waals surface area (Å²) < 4.78 is 5.13. The first-order valence-corrected chi connectivity index (χ1v) is 8.62. The number of para-hydroxylation sites is 2. The fourth-order valence-electron chi connectivity index (χ4n) is 2.61. The minimum absolute atomic E-state index is 0.0432. The highest BCUT2D eigenvalue weighted by molar-refractivity contribution is 6.30. The van der Waals surface area contributed by atoms with Crippen LogP contribution < -0.4 is 5.32 Å². The predicted octanol–water partition coefficient (Wildman–Crippen LogP) is 4.17. The van der Waals surface area contributed by atoms with E-state index in [9.17, 15) is 19.7 Å². The molecule has 1 amide bonds. The molecule has 0 fully saturated rings. The Bertz CT molecular complexity index is 836. The Kier molecular flexibility index (Phi) is 6.90. The highest BCUT2D eigenvalue weighted by atomic mass is 35.5. The van der Waals surface area contributed by atoms with E-state index in [1.807, 2.05) is 13.8 Å². The lowest BCUT2D eigenvalue weighted by Gasteiger charge is -2.19. The first-order valence-electron chi connectivity index (χ1n) is 8.25. The zero-order valence-corrected chi connectivity index (χ0v) is 15.6. The highest BCUT2D eigenvalue weighted by Crippen LogP contribution is 2.27. The molecule has 0 aromatic heterocycles. The quantitative estimate of drug-likeness (QED) is 0.434. The van der Waals surface area contributed by atoms with E-state index in [-0.39, 0.29) is 17.3 Å². The fourth-order valence-corrected chi connectivity index (χ4v) is 2.74. The van der Waals surface area contributed by atoms with Crippen LogP contribution in [0.25, 0.3) is 0 Å². The average Bonchev–Trinajstić information content (AvgIpc) is 2.62. The van der Waals surface area contributed by atoms with Gasteiger partial charge in [-0.3, -0.25) is 19.7 Å². The zero-order chi connectivity index (χ0) is 20.0. The van der Waals surface area contributed by atoms with Crippen molar-refractivity contribution >= 4 is 34.9 Å². The number of esters is 1. The molecule has 1 atom stereocenters. The topological polar surface area (TPSA) is 98.5 Å². The first-order chi connectivity index (χ1) is 12.8. The van der Waals surface area contributed by atoms with Gasteiger partial charge < -0.3 is 10.1 Å². The van der Waals surface area contributed by atoms with Crippen LogP contribution in [0, 0.1) is 16.0 Å². The third-order valence-electron chi connectivity index (χ3n) is 3.87. The average molecular weight is 391 g/mol. The summed E-state index contributed by atoms with van der Waals surface area (Å²) in [7, 11) is 0. The van der Waals surface area contributed by atoms with Crippen molar-refractivity contribution in [2.24, 2.45) is 5.92 Å². The molecular formula is C19H19ClN2O5. The second-order valence-electron chi connectivity index (χ2n) is 6.20. The molecule has 0 aliphatic rings. The van der Waals surface area contributed by atoms with E-state index in [1.165, 1.54) is 18.2 Å². The Morgan fingerprint density at radius 2 is 1.78 bits per heavy atom. The maximum Gasteiger partial charge on any atom is 0.314 e. The number of carbonyl (C=O) groups excluding carboxylic acids is 2. The summed E-state index contributed by atoms with van der Waals surface area (Å²) >= 11 is 5.87. The minimum atomic E-state index is -0.656. The van der Waals surface area contributed by atoms with Crippen molar-refractivity contribution in [3.63, 3.8) is 0 Å². The van der Waals surface area contributed by atoms with Crippen molar-refractivity contribution in [1.82, 2.24) is 0 Å². The van der Waals surface area contributed by atoms with Gasteiger partial charge in [0, 0.05) is 11.1 Å². The third-order valence-corrected chi connectivity index (χ3v) is 4.12. The number of benzene rings is 2. The van der Waals surface area contributed by atoms with E-state index >= 15 is 0 Å². The number of carbonyl (C=O) groups is 2. The van der Waals surface area contributed by atoms with Gasteiger partial charge in [0.15, 0.2) is 6.61 Å². The number of nitrogens with one attached hydrogen (secondary N) is 1. The standard InChI is InChI=1S/C19H19ClN2O5/c1-12(2)18(13-7-9-14(20)10-8-13)19(24)27-11-17(23)21-15-5-3-4-6-16(15)22(25)26/h3-10,12,18H,11H2,1-2H3,(H,21,23). The van der Waals surface area contributed by atoms with Gasteiger partial charge in [0.1, 0.15) is 5.69 Å². The molecule has 0 radical (unpaired) electrons. The molecule has 2 aromatic carbocycles. The first kappa shape index (κ1) is 20.4. The molecule has 0 heterocycles. The lowest BCUT2D eigenvalue weighted by atomic mass is 9.88. The lowest BCUT2D eigenvalue weighted by molar-refractivity contribution is -0.383. The number of hydrogen-bond donors (Lipinski definition) is 1. The largest absolute Gasteiger partial charge is 0.455 e. The van der Waals surface area contributed by atoms with Crippen molar-refractivity contribution in [1.29, 1.82) is 0 Å². The molecule has 2 rings (SSSR count). The number of nitrogens with zero attached hydrogens (tertiary/aromatic N) is 1. The fraction of sp³-hybridized carbons (Fsp3) is 0.263. The van der Waals surface area contributed by atoms with Gasteiger partial charge in [-0.15, -0.1) is 0 Å². The molecule has 27 heavy (non-hydrogen) atoms. The number of anilines is 1. The predicted molar refractivity (Wildman–Crippen MR) is 102 cm³/mol. The summed E-state index contributed by atoms with van der Waals surface area (Å²) in [6.07, 6.45) is 0. The summed E-state index contributed by atoms with van der Waals surface area (Å²) in [4.78, 5) is 34.9.